The Kier molecular flexibility index (Phi) is 6.46. The van der Waals surface area contributed by atoms with Gasteiger partial charge in [-0.15, -0.1) is 0 Å². The van der Waals surface area contributed by atoms with E-state index in [9.17, 15) is 29.0 Å². The summed E-state index contributed by atoms with van der Waals surface area (Å²) in [6, 6.07) is -1.41. The number of hydrogen-bond donors (Lipinski definition) is 4. The van der Waals surface area contributed by atoms with Crippen LogP contribution in [0, 0.1) is 0 Å². The maximum absolute atomic E-state index is 15.2. The molecule has 2 aliphatic rings. The van der Waals surface area contributed by atoms with Gasteiger partial charge in [-0.05, 0) is 33.6 Å². The van der Waals surface area contributed by atoms with Gasteiger partial charge in [-0.1, -0.05) is 12.8 Å². The minimum atomic E-state index is -1.84. The highest BCUT2D eigenvalue weighted by Gasteiger charge is 2.55. The van der Waals surface area contributed by atoms with Crippen molar-refractivity contribution in [3.05, 3.63) is 0 Å². The van der Waals surface area contributed by atoms with Gasteiger partial charge in [0.2, 0.25) is 11.8 Å². The van der Waals surface area contributed by atoms with Gasteiger partial charge in [0, 0.05) is 24.8 Å². The number of nitrogens with one attached hydrogen (secondary N) is 1. The van der Waals surface area contributed by atoms with Crippen LogP contribution in [0.1, 0.15) is 65.7 Å². The minimum absolute atomic E-state index is 0.218. The summed E-state index contributed by atoms with van der Waals surface area (Å²) in [5, 5.41) is 22.3. The van der Waals surface area contributed by atoms with Crippen LogP contribution in [0.5, 0.6) is 0 Å². The summed E-state index contributed by atoms with van der Waals surface area (Å²) >= 11 is 0. The average molecular weight is 419 g/mol. The van der Waals surface area contributed by atoms with E-state index in [2.05, 4.69) is 5.32 Å². The number of hydrogen-bond acceptors (Lipinski definition) is 4. The number of carbonyl (C=O) groups is 3. The molecule has 2 saturated carbocycles. The molecule has 0 aromatic rings. The van der Waals surface area contributed by atoms with Crippen LogP contribution in [0.15, 0.2) is 0 Å². The Balaban J connectivity index is 2.35. The second-order valence-corrected chi connectivity index (χ2v) is 9.36. The van der Waals surface area contributed by atoms with Crippen LogP contribution in [0.2, 0.25) is 0 Å². The topological polar surface area (TPSA) is 133 Å². The number of carboxylic acid groups (broad SMARTS) is 1. The molecule has 0 heterocycles. The normalized spacial score (nSPS) is 28.1. The van der Waals surface area contributed by atoms with E-state index in [1.807, 2.05) is 0 Å². The first kappa shape index (κ1) is 23.3. The van der Waals surface area contributed by atoms with E-state index in [4.69, 9.17) is 5.73 Å². The van der Waals surface area contributed by atoms with Gasteiger partial charge in [-0.3, -0.25) is 14.5 Å². The van der Waals surface area contributed by atoms with Gasteiger partial charge in [-0.2, -0.15) is 0 Å². The van der Waals surface area contributed by atoms with Crippen molar-refractivity contribution < 1.29 is 33.4 Å². The van der Waals surface area contributed by atoms with Gasteiger partial charge in [-0.25, -0.2) is 13.6 Å². The number of amides is 3. The second kappa shape index (κ2) is 8.04. The van der Waals surface area contributed by atoms with Crippen LogP contribution in [0.4, 0.5) is 13.6 Å². The summed E-state index contributed by atoms with van der Waals surface area (Å²) in [6.45, 7) is 4.74. The van der Waals surface area contributed by atoms with E-state index in [1.165, 1.54) is 0 Å². The van der Waals surface area contributed by atoms with E-state index >= 15 is 4.39 Å². The molecule has 2 atom stereocenters. The number of rotatable bonds is 7. The van der Waals surface area contributed by atoms with E-state index in [0.717, 1.165) is 4.90 Å². The van der Waals surface area contributed by atoms with Crippen molar-refractivity contribution >= 4 is 17.9 Å². The molecule has 10 heteroatoms. The number of primary amides is 1. The molecule has 0 aromatic carbocycles. The zero-order valence-electron chi connectivity index (χ0n) is 17.1. The van der Waals surface area contributed by atoms with Crippen LogP contribution in [-0.2, 0) is 9.59 Å². The van der Waals surface area contributed by atoms with Crippen LogP contribution in [0.25, 0.3) is 0 Å². The molecule has 5 N–H and O–H groups in total. The monoisotopic (exact) mass is 419 g/mol. The zero-order chi connectivity index (χ0) is 22.2. The fraction of sp³-hybridized carbons (Fsp3) is 0.842. The predicted octanol–water partition coefficient (Wildman–Crippen LogP) is 1.64. The lowest BCUT2D eigenvalue weighted by atomic mass is 9.70. The molecule has 3 amide bonds. The van der Waals surface area contributed by atoms with Gasteiger partial charge in [0.1, 0.15) is 17.9 Å². The first-order chi connectivity index (χ1) is 13.2. The number of nitrogens with two attached hydrogens (primary N) is 1. The Hall–Kier alpha value is -1.97. The molecule has 8 nitrogen and oxygen atoms in total. The zero-order valence-corrected chi connectivity index (χ0v) is 17.1. The molecule has 0 radical (unpaired) electrons. The van der Waals surface area contributed by atoms with Crippen molar-refractivity contribution in [3.63, 3.8) is 0 Å². The molecule has 0 bridgehead atoms. The third kappa shape index (κ3) is 4.96. The summed E-state index contributed by atoms with van der Waals surface area (Å²) in [5.74, 6) is -2.00. The molecule has 2 rings (SSSR count). The van der Waals surface area contributed by atoms with Crippen molar-refractivity contribution in [2.75, 3.05) is 0 Å². The fourth-order valence-electron chi connectivity index (χ4n) is 4.47. The van der Waals surface area contributed by atoms with E-state index in [-0.39, 0.29) is 32.1 Å². The fourth-order valence-corrected chi connectivity index (χ4v) is 4.47. The molecule has 2 aliphatic carbocycles. The lowest BCUT2D eigenvalue weighted by molar-refractivity contribution is -0.144. The Morgan fingerprint density at radius 1 is 1.24 bits per heavy atom. The smallest absolute Gasteiger partial charge is 0.408 e. The van der Waals surface area contributed by atoms with Crippen LogP contribution < -0.4 is 11.1 Å². The average Bonchev–Trinajstić information content (AvgIpc) is 2.96. The molecule has 0 spiro atoms. The lowest BCUT2D eigenvalue weighted by Gasteiger charge is -2.48. The van der Waals surface area contributed by atoms with Crippen molar-refractivity contribution in [2.45, 2.75) is 101 Å². The Labute approximate surface area is 168 Å². The van der Waals surface area contributed by atoms with E-state index < -0.39 is 53.0 Å². The Morgan fingerprint density at radius 2 is 1.76 bits per heavy atom. The largest absolute Gasteiger partial charge is 0.465 e. The third-order valence-electron chi connectivity index (χ3n) is 5.94. The van der Waals surface area contributed by atoms with Crippen molar-refractivity contribution in [3.8, 4) is 0 Å². The maximum Gasteiger partial charge on any atom is 0.408 e. The highest BCUT2D eigenvalue weighted by Crippen LogP contribution is 2.41. The summed E-state index contributed by atoms with van der Waals surface area (Å²) < 4.78 is 28.8. The molecule has 0 saturated heterocycles. The standard InChI is InChI=1S/C19H31F2N3O5/c1-17(2,3)24(16(28)29)12(10-18(21)6-4-5-7-18)15(27)23-19(8-11(20)9-19)13(25)14(22)26/h11-13,25H,4-10H2,1-3H3,(H2,22,26)(H,23,27)(H,28,29)/t11-,12-,13+,19-/m0/s1. The highest BCUT2D eigenvalue weighted by atomic mass is 19.1. The van der Waals surface area contributed by atoms with Gasteiger partial charge in [0.25, 0.3) is 0 Å². The van der Waals surface area contributed by atoms with Crippen LogP contribution in [0.3, 0.4) is 0 Å². The quantitative estimate of drug-likeness (QED) is 0.498. The molecule has 29 heavy (non-hydrogen) atoms. The third-order valence-corrected chi connectivity index (χ3v) is 5.94. The summed E-state index contributed by atoms with van der Waals surface area (Å²) in [6.07, 6.45) is -3.89. The number of aliphatic hydroxyl groups excluding tert-OH is 1. The Bertz CT molecular complexity index is 655. The summed E-state index contributed by atoms with van der Waals surface area (Å²) in [5.41, 5.74) is 0.786. The molecular formula is C19H31F2N3O5. The number of halogens is 2. The number of aliphatic hydroxyl groups is 1. The van der Waals surface area contributed by atoms with Gasteiger partial charge in [0.05, 0.1) is 5.54 Å². The predicted molar refractivity (Wildman–Crippen MR) is 101 cm³/mol. The van der Waals surface area contributed by atoms with Gasteiger partial charge < -0.3 is 21.3 Å². The SMILES string of the molecule is CC(C)(C)N(C(=O)O)[C@@H](CC1(F)CCCC1)C(=O)N[C@]1([C@H](O)C(N)=O)C[C@@H](F)C1. The summed E-state index contributed by atoms with van der Waals surface area (Å²) in [7, 11) is 0. The molecule has 0 aliphatic heterocycles. The summed E-state index contributed by atoms with van der Waals surface area (Å²) in [4.78, 5) is 37.4. The Morgan fingerprint density at radius 3 is 2.14 bits per heavy atom. The first-order valence-electron chi connectivity index (χ1n) is 9.85. The molecule has 0 aromatic heterocycles. The maximum atomic E-state index is 15.2. The van der Waals surface area contributed by atoms with Crippen molar-refractivity contribution in [2.24, 2.45) is 5.73 Å². The minimum Gasteiger partial charge on any atom is -0.465 e. The molecular weight excluding hydrogens is 388 g/mol. The number of carbonyl (C=O) groups excluding carboxylic acids is 2. The first-order valence-corrected chi connectivity index (χ1v) is 9.85. The van der Waals surface area contributed by atoms with Gasteiger partial charge in [0.15, 0.2) is 6.10 Å². The lowest BCUT2D eigenvalue weighted by Crippen LogP contribution is -2.70. The van der Waals surface area contributed by atoms with Crippen molar-refractivity contribution in [1.82, 2.24) is 10.2 Å². The number of nitrogens with zero attached hydrogens (tertiary/aromatic N) is 1. The van der Waals surface area contributed by atoms with E-state index in [1.54, 1.807) is 20.8 Å². The molecule has 0 unspecified atom stereocenters. The second-order valence-electron chi connectivity index (χ2n) is 9.36. The van der Waals surface area contributed by atoms with Gasteiger partial charge >= 0.3 is 6.09 Å². The van der Waals surface area contributed by atoms with Crippen molar-refractivity contribution in [1.29, 1.82) is 0 Å². The molecule has 166 valence electrons. The number of alkyl halides is 2. The van der Waals surface area contributed by atoms with Crippen LogP contribution in [-0.4, -0.2) is 68.1 Å². The van der Waals surface area contributed by atoms with Crippen LogP contribution >= 0.6 is 0 Å². The van der Waals surface area contributed by atoms with E-state index in [0.29, 0.717) is 12.8 Å². The molecule has 2 fully saturated rings. The highest BCUT2D eigenvalue weighted by molar-refractivity contribution is 5.88.